The third kappa shape index (κ3) is 7.89. The normalized spacial score (nSPS) is 14.6. The van der Waals surface area contributed by atoms with E-state index in [0.717, 1.165) is 16.7 Å². The molecule has 46 heavy (non-hydrogen) atoms. The zero-order valence-electron chi connectivity index (χ0n) is 25.8. The number of hydrogen-bond donors (Lipinski definition) is 2. The summed E-state index contributed by atoms with van der Waals surface area (Å²) in [7, 11) is 0. The van der Waals surface area contributed by atoms with Crippen molar-refractivity contribution in [2.75, 3.05) is 18.0 Å². The Kier molecular flexibility index (Phi) is 9.12. The summed E-state index contributed by atoms with van der Waals surface area (Å²) < 4.78 is 42.7. The number of rotatable bonds is 9. The maximum atomic E-state index is 12.8. The number of para-hydroxylation sites is 1. The van der Waals surface area contributed by atoms with E-state index in [4.69, 9.17) is 0 Å². The molecule has 1 aliphatic heterocycles. The smallest absolute Gasteiger partial charge is 0.406 e. The van der Waals surface area contributed by atoms with Crippen molar-refractivity contribution < 1.29 is 27.5 Å². The number of alkyl halides is 3. The number of benzene rings is 3. The molecule has 0 saturated carbocycles. The second-order valence-electron chi connectivity index (χ2n) is 12.0. The lowest BCUT2D eigenvalue weighted by molar-refractivity contribution is -0.274. The highest BCUT2D eigenvalue weighted by molar-refractivity contribution is 6.23. The first-order chi connectivity index (χ1) is 21.8. The molecule has 10 nitrogen and oxygen atoms in total. The summed E-state index contributed by atoms with van der Waals surface area (Å²) in [6.07, 6.45) is -2.62. The van der Waals surface area contributed by atoms with E-state index in [9.17, 15) is 22.8 Å². The van der Waals surface area contributed by atoms with Gasteiger partial charge in [-0.3, -0.25) is 4.79 Å². The standard InChI is InChI=1S/C33H34F3N7O3/c1-21(2)26-7-5-6-8-27(26)43-28(44)18-37-30(43)40-31(45)38-19-32(3,4)17-22-9-11-23(12-10-22)29-39-20-42(41-29)24-13-15-25(16-14-24)46-33(34,35)36/h5-16,20-21H,17-19H2,1-4H3,(H2,37,38,40,45). The van der Waals surface area contributed by atoms with Crippen molar-refractivity contribution >= 4 is 23.6 Å². The average Bonchev–Trinajstić information content (AvgIpc) is 3.63. The van der Waals surface area contributed by atoms with Gasteiger partial charge >= 0.3 is 12.4 Å². The van der Waals surface area contributed by atoms with E-state index in [1.807, 2.05) is 76.2 Å². The number of carbonyl (C=O) groups excluding carboxylic acids is 2. The molecule has 13 heteroatoms. The fourth-order valence-corrected chi connectivity index (χ4v) is 5.11. The minimum Gasteiger partial charge on any atom is -0.406 e. The first-order valence-electron chi connectivity index (χ1n) is 14.7. The molecule has 2 N–H and O–H groups in total. The summed E-state index contributed by atoms with van der Waals surface area (Å²) >= 11 is 0. The molecule has 1 fully saturated rings. The van der Waals surface area contributed by atoms with Gasteiger partial charge in [0.05, 0.1) is 17.9 Å². The van der Waals surface area contributed by atoms with E-state index in [1.54, 1.807) is 0 Å². The number of urea groups is 1. The third-order valence-corrected chi connectivity index (χ3v) is 7.31. The van der Waals surface area contributed by atoms with E-state index < -0.39 is 12.4 Å². The molecule has 3 amide bonds. The molecule has 4 aromatic rings. The lowest BCUT2D eigenvalue weighted by atomic mass is 9.85. The lowest BCUT2D eigenvalue weighted by Crippen LogP contribution is -2.38. The monoisotopic (exact) mass is 633 g/mol. The number of ether oxygens (including phenoxy) is 1. The van der Waals surface area contributed by atoms with Crippen LogP contribution in [-0.2, 0) is 11.2 Å². The second kappa shape index (κ2) is 13.0. The summed E-state index contributed by atoms with van der Waals surface area (Å²) in [5, 5.41) is 10.3. The highest BCUT2D eigenvalue weighted by atomic mass is 19.4. The summed E-state index contributed by atoms with van der Waals surface area (Å²) in [6.45, 7) is 8.56. The molecule has 0 atom stereocenters. The molecule has 0 spiro atoms. The van der Waals surface area contributed by atoms with Crippen LogP contribution in [0.1, 0.15) is 44.7 Å². The molecule has 0 radical (unpaired) electrons. The van der Waals surface area contributed by atoms with Gasteiger partial charge in [-0.25, -0.2) is 19.4 Å². The number of guanidine groups is 1. The molecular weight excluding hydrogens is 599 g/mol. The average molecular weight is 634 g/mol. The topological polar surface area (TPSA) is 114 Å². The Balaban J connectivity index is 1.18. The summed E-state index contributed by atoms with van der Waals surface area (Å²) in [4.78, 5) is 35.5. The number of nitrogens with zero attached hydrogens (tertiary/aromatic N) is 5. The number of hydrogen-bond acceptors (Lipinski definition) is 5. The highest BCUT2D eigenvalue weighted by Crippen LogP contribution is 2.29. The fourth-order valence-electron chi connectivity index (χ4n) is 5.11. The molecular formula is C33H34F3N7O3. The van der Waals surface area contributed by atoms with Crippen LogP contribution < -0.4 is 20.3 Å². The molecule has 0 unspecified atom stereocenters. The number of halogens is 3. The molecule has 1 saturated heterocycles. The van der Waals surface area contributed by atoms with Crippen molar-refractivity contribution in [3.63, 3.8) is 0 Å². The summed E-state index contributed by atoms with van der Waals surface area (Å²) in [5.41, 5.74) is 3.71. The van der Waals surface area contributed by atoms with Crippen molar-refractivity contribution in [2.24, 2.45) is 10.4 Å². The number of anilines is 1. The number of amides is 3. The minimum absolute atomic E-state index is 0.0592. The number of carbonyl (C=O) groups is 2. The lowest BCUT2D eigenvalue weighted by Gasteiger charge is -2.25. The van der Waals surface area contributed by atoms with Crippen LogP contribution in [0.5, 0.6) is 5.75 Å². The van der Waals surface area contributed by atoms with Gasteiger partial charge in [-0.2, -0.15) is 4.99 Å². The Morgan fingerprint density at radius 2 is 1.74 bits per heavy atom. The van der Waals surface area contributed by atoms with Gasteiger partial charge in [0.15, 0.2) is 5.82 Å². The van der Waals surface area contributed by atoms with Crippen LogP contribution in [0.15, 0.2) is 84.1 Å². The van der Waals surface area contributed by atoms with Crippen molar-refractivity contribution in [3.05, 3.63) is 90.3 Å². The highest BCUT2D eigenvalue weighted by Gasteiger charge is 2.32. The second-order valence-corrected chi connectivity index (χ2v) is 12.0. The molecule has 1 aliphatic rings. The van der Waals surface area contributed by atoms with E-state index in [0.29, 0.717) is 30.2 Å². The molecule has 3 aromatic carbocycles. The molecule has 1 aromatic heterocycles. The molecule has 240 valence electrons. The van der Waals surface area contributed by atoms with Crippen LogP contribution in [0.25, 0.3) is 17.1 Å². The van der Waals surface area contributed by atoms with E-state index in [2.05, 4.69) is 30.4 Å². The maximum absolute atomic E-state index is 12.8. The van der Waals surface area contributed by atoms with Gasteiger partial charge in [-0.15, -0.1) is 18.3 Å². The van der Waals surface area contributed by atoms with Crippen LogP contribution >= 0.6 is 0 Å². The van der Waals surface area contributed by atoms with Crippen LogP contribution in [0, 0.1) is 5.41 Å². The van der Waals surface area contributed by atoms with Gasteiger partial charge in [0.2, 0.25) is 5.96 Å². The summed E-state index contributed by atoms with van der Waals surface area (Å²) in [6, 6.07) is 20.1. The van der Waals surface area contributed by atoms with Crippen molar-refractivity contribution in [2.45, 2.75) is 46.4 Å². The Bertz CT molecular complexity index is 1730. The SMILES string of the molecule is CC(C)c1ccccc1N1C(=O)CN/C1=N\C(=O)NCC(C)(C)Cc1ccc(-c2ncn(-c3ccc(OC(F)(F)F)cc3)n2)cc1. The van der Waals surface area contributed by atoms with Crippen LogP contribution in [0.4, 0.5) is 23.7 Å². The van der Waals surface area contributed by atoms with Gasteiger partial charge in [0, 0.05) is 12.1 Å². The molecule has 0 bridgehead atoms. The van der Waals surface area contributed by atoms with Gasteiger partial charge in [0.1, 0.15) is 12.1 Å². The molecule has 2 heterocycles. The van der Waals surface area contributed by atoms with Crippen LogP contribution in [0.2, 0.25) is 0 Å². The Morgan fingerprint density at radius 1 is 1.04 bits per heavy atom. The number of nitrogens with one attached hydrogen (secondary N) is 2. The van der Waals surface area contributed by atoms with Crippen LogP contribution in [0.3, 0.4) is 0 Å². The molecule has 5 rings (SSSR count). The van der Waals surface area contributed by atoms with E-state index in [-0.39, 0.29) is 35.5 Å². The Morgan fingerprint density at radius 3 is 2.41 bits per heavy atom. The molecule has 0 aliphatic carbocycles. The predicted molar refractivity (Wildman–Crippen MR) is 168 cm³/mol. The van der Waals surface area contributed by atoms with Crippen LogP contribution in [-0.4, -0.2) is 52.1 Å². The van der Waals surface area contributed by atoms with Gasteiger partial charge in [-0.1, -0.05) is 70.2 Å². The van der Waals surface area contributed by atoms with E-state index in [1.165, 1.54) is 40.2 Å². The van der Waals surface area contributed by atoms with Gasteiger partial charge in [-0.05, 0) is 59.2 Å². The van der Waals surface area contributed by atoms with E-state index >= 15 is 0 Å². The van der Waals surface area contributed by atoms with Crippen molar-refractivity contribution in [1.29, 1.82) is 0 Å². The number of aromatic nitrogens is 3. The van der Waals surface area contributed by atoms with Crippen molar-refractivity contribution in [3.8, 4) is 22.8 Å². The zero-order valence-corrected chi connectivity index (χ0v) is 25.8. The first kappa shape index (κ1) is 32.2. The summed E-state index contributed by atoms with van der Waals surface area (Å²) in [5.74, 6) is 0.336. The van der Waals surface area contributed by atoms with Gasteiger partial charge in [0.25, 0.3) is 5.91 Å². The minimum atomic E-state index is -4.76. The Labute approximate surface area is 264 Å². The quantitative estimate of drug-likeness (QED) is 0.226. The van der Waals surface area contributed by atoms with Crippen molar-refractivity contribution in [1.82, 2.24) is 25.4 Å². The predicted octanol–water partition coefficient (Wildman–Crippen LogP) is 6.23. The fraction of sp³-hybridized carbons (Fsp3) is 0.303. The maximum Gasteiger partial charge on any atom is 0.573 e. The van der Waals surface area contributed by atoms with Gasteiger partial charge < -0.3 is 15.4 Å². The third-order valence-electron chi connectivity index (χ3n) is 7.31. The largest absolute Gasteiger partial charge is 0.573 e. The first-order valence-corrected chi connectivity index (χ1v) is 14.7. The zero-order chi connectivity index (χ0) is 33.1. The Hall–Kier alpha value is -5.20. The number of aliphatic imine (C=N–C) groups is 1.